The molecule has 2 aromatic rings. The van der Waals surface area contributed by atoms with E-state index in [4.69, 9.17) is 4.52 Å². The first-order valence-electron chi connectivity index (χ1n) is 7.42. The summed E-state index contributed by atoms with van der Waals surface area (Å²) in [5.74, 6) is 1.01. The number of aryl methyl sites for hydroxylation is 2. The first-order valence-corrected chi connectivity index (χ1v) is 9.23. The number of hydrogen-bond acceptors (Lipinski definition) is 6. The van der Waals surface area contributed by atoms with Gasteiger partial charge in [-0.2, -0.15) is 4.98 Å². The molecule has 1 fully saturated rings. The molecule has 3 heterocycles. The Morgan fingerprint density at radius 1 is 1.52 bits per heavy atom. The van der Waals surface area contributed by atoms with Crippen LogP contribution in [0.5, 0.6) is 5.88 Å². The van der Waals surface area contributed by atoms with Crippen LogP contribution in [0.4, 0.5) is 5.95 Å². The minimum Gasteiger partial charge on any atom is -0.492 e. The van der Waals surface area contributed by atoms with Crippen molar-refractivity contribution >= 4 is 19.4 Å². The fourth-order valence-corrected chi connectivity index (χ4v) is 4.61. The fraction of sp³-hybridized carbons (Fsp3) is 0.429. The lowest BCUT2D eigenvalue weighted by molar-refractivity contribution is 0.354. The van der Waals surface area contributed by atoms with Gasteiger partial charge in [-0.05, 0) is 26.3 Å². The van der Waals surface area contributed by atoms with Gasteiger partial charge in [-0.1, -0.05) is 0 Å². The van der Waals surface area contributed by atoms with E-state index in [9.17, 15) is 9.67 Å². The van der Waals surface area contributed by atoms with Crippen molar-refractivity contribution < 1.29 is 14.2 Å². The summed E-state index contributed by atoms with van der Waals surface area (Å²) in [5.41, 5.74) is 1.50. The van der Waals surface area contributed by atoms with E-state index in [1.165, 1.54) is 0 Å². The summed E-state index contributed by atoms with van der Waals surface area (Å²) in [4.78, 5) is 14.2. The summed E-state index contributed by atoms with van der Waals surface area (Å²) >= 11 is 0. The molecule has 9 heteroatoms. The molecule has 0 saturated carbocycles. The Hall–Kier alpha value is -2.05. The second kappa shape index (κ2) is 6.22. The van der Waals surface area contributed by atoms with Crippen molar-refractivity contribution in [3.8, 4) is 5.88 Å². The molecule has 1 unspecified atom stereocenters. The normalized spacial score (nSPS) is 21.7. The Morgan fingerprint density at radius 2 is 2.35 bits per heavy atom. The van der Waals surface area contributed by atoms with Gasteiger partial charge in [0.1, 0.15) is 5.82 Å². The topological polar surface area (TPSA) is 116 Å². The molecule has 8 nitrogen and oxygen atoms in total. The Balaban J connectivity index is 1.85. The number of nitrogens with zero attached hydrogens (tertiary/aromatic N) is 2. The summed E-state index contributed by atoms with van der Waals surface area (Å²) in [6, 6.07) is 0. The molecule has 1 atom stereocenters. The van der Waals surface area contributed by atoms with E-state index in [0.29, 0.717) is 42.1 Å². The molecule has 124 valence electrons. The third kappa shape index (κ3) is 3.48. The number of rotatable bonds is 5. The Morgan fingerprint density at radius 3 is 2.91 bits per heavy atom. The first-order chi connectivity index (χ1) is 11.0. The highest BCUT2D eigenvalue weighted by molar-refractivity contribution is 7.63. The molecular formula is C14H20N5O3P. The number of anilines is 1. The average Bonchev–Trinajstić information content (AvgIpc) is 3.19. The van der Waals surface area contributed by atoms with Crippen LogP contribution < -0.4 is 5.32 Å². The standard InChI is InChI=1S/C14H20N5O3P/c1-9-7-15-14(17-9)16-8-11(23(21)5-3-4-22-23)6-12-18-10(2)13(20)19-12/h6-7,20H,3-5,8H2,1-2H3,(H,18,19)(H2,15,16,17)/b11-6-. The van der Waals surface area contributed by atoms with E-state index in [1.807, 2.05) is 6.92 Å². The minimum atomic E-state index is -2.87. The van der Waals surface area contributed by atoms with Gasteiger partial charge in [-0.15, -0.1) is 0 Å². The van der Waals surface area contributed by atoms with Crippen molar-refractivity contribution in [2.24, 2.45) is 0 Å². The molecule has 3 rings (SSSR count). The van der Waals surface area contributed by atoms with Crippen LogP contribution in [0.2, 0.25) is 0 Å². The summed E-state index contributed by atoms with van der Waals surface area (Å²) in [6.45, 7) is 4.45. The van der Waals surface area contributed by atoms with Gasteiger partial charge in [-0.3, -0.25) is 4.57 Å². The molecule has 0 aromatic carbocycles. The Bertz CT molecular complexity index is 750. The highest BCUT2D eigenvalue weighted by atomic mass is 31.2. The maximum absolute atomic E-state index is 13.0. The molecule has 0 radical (unpaired) electrons. The predicted molar refractivity (Wildman–Crippen MR) is 87.8 cm³/mol. The van der Waals surface area contributed by atoms with Crippen molar-refractivity contribution in [1.29, 1.82) is 0 Å². The van der Waals surface area contributed by atoms with E-state index in [2.05, 4.69) is 25.3 Å². The maximum Gasteiger partial charge on any atom is 0.232 e. The second-order valence-corrected chi connectivity index (χ2v) is 8.19. The van der Waals surface area contributed by atoms with Crippen LogP contribution in [-0.4, -0.2) is 44.4 Å². The van der Waals surface area contributed by atoms with E-state index >= 15 is 0 Å². The van der Waals surface area contributed by atoms with Gasteiger partial charge in [0, 0.05) is 29.9 Å². The van der Waals surface area contributed by atoms with Crippen LogP contribution >= 0.6 is 7.37 Å². The lowest BCUT2D eigenvalue weighted by atomic mass is 10.4. The van der Waals surface area contributed by atoms with Crippen LogP contribution in [0.15, 0.2) is 11.5 Å². The van der Waals surface area contributed by atoms with Gasteiger partial charge in [0.15, 0.2) is 0 Å². The van der Waals surface area contributed by atoms with Crippen LogP contribution in [0.1, 0.15) is 23.6 Å². The van der Waals surface area contributed by atoms with E-state index < -0.39 is 7.37 Å². The SMILES string of the molecule is Cc1cnc(NC/C(=C/c2nc(O)c(C)[nH]2)P2(=O)CCCO2)[nH]1. The predicted octanol–water partition coefficient (Wildman–Crippen LogP) is 2.61. The van der Waals surface area contributed by atoms with Crippen LogP contribution in [-0.2, 0) is 9.09 Å². The van der Waals surface area contributed by atoms with E-state index in [1.54, 1.807) is 19.2 Å². The molecule has 23 heavy (non-hydrogen) atoms. The highest BCUT2D eigenvalue weighted by Gasteiger charge is 2.33. The molecule has 0 amide bonds. The van der Waals surface area contributed by atoms with Crippen molar-refractivity contribution in [2.75, 3.05) is 24.6 Å². The molecule has 0 bridgehead atoms. The number of aromatic hydroxyl groups is 1. The highest BCUT2D eigenvalue weighted by Crippen LogP contribution is 2.59. The molecule has 0 spiro atoms. The van der Waals surface area contributed by atoms with Crippen LogP contribution in [0, 0.1) is 13.8 Å². The lowest BCUT2D eigenvalue weighted by Gasteiger charge is -2.15. The van der Waals surface area contributed by atoms with Crippen molar-refractivity contribution in [2.45, 2.75) is 20.3 Å². The van der Waals surface area contributed by atoms with Gasteiger partial charge in [0.2, 0.25) is 19.2 Å². The minimum absolute atomic E-state index is 0.0594. The number of H-pyrrole nitrogens is 2. The summed E-state index contributed by atoms with van der Waals surface area (Å²) in [5, 5.41) is 13.3. The van der Waals surface area contributed by atoms with Crippen LogP contribution in [0.3, 0.4) is 0 Å². The second-order valence-electron chi connectivity index (χ2n) is 5.56. The summed E-state index contributed by atoms with van der Waals surface area (Å²) in [6.07, 6.45) is 4.69. The lowest BCUT2D eigenvalue weighted by Crippen LogP contribution is -2.07. The fourth-order valence-electron chi connectivity index (χ4n) is 2.42. The van der Waals surface area contributed by atoms with Crippen LogP contribution in [0.25, 0.3) is 6.08 Å². The molecule has 1 aliphatic rings. The Labute approximate surface area is 133 Å². The van der Waals surface area contributed by atoms with Gasteiger partial charge >= 0.3 is 0 Å². The zero-order chi connectivity index (χ0) is 16.4. The number of aromatic amines is 2. The van der Waals surface area contributed by atoms with E-state index in [0.717, 1.165) is 12.1 Å². The van der Waals surface area contributed by atoms with Gasteiger partial charge in [0.05, 0.1) is 12.3 Å². The molecule has 2 aromatic heterocycles. The van der Waals surface area contributed by atoms with Gasteiger partial charge in [0.25, 0.3) is 0 Å². The average molecular weight is 337 g/mol. The Kier molecular flexibility index (Phi) is 4.28. The van der Waals surface area contributed by atoms with Crippen molar-refractivity contribution in [3.05, 3.63) is 28.7 Å². The summed E-state index contributed by atoms with van der Waals surface area (Å²) < 4.78 is 18.5. The molecule has 1 aliphatic heterocycles. The van der Waals surface area contributed by atoms with E-state index in [-0.39, 0.29) is 5.88 Å². The molecule has 0 aliphatic carbocycles. The molecule has 4 N–H and O–H groups in total. The maximum atomic E-state index is 13.0. The largest absolute Gasteiger partial charge is 0.492 e. The monoisotopic (exact) mass is 337 g/mol. The first kappa shape index (κ1) is 15.8. The molecule has 1 saturated heterocycles. The molecular weight excluding hydrogens is 317 g/mol. The number of aromatic nitrogens is 4. The quantitative estimate of drug-likeness (QED) is 0.623. The van der Waals surface area contributed by atoms with Crippen molar-refractivity contribution in [1.82, 2.24) is 19.9 Å². The van der Waals surface area contributed by atoms with Gasteiger partial charge < -0.3 is 24.9 Å². The van der Waals surface area contributed by atoms with Gasteiger partial charge in [-0.25, -0.2) is 4.98 Å². The third-order valence-corrected chi connectivity index (χ3v) is 6.32. The number of nitrogens with one attached hydrogen (secondary N) is 3. The smallest absolute Gasteiger partial charge is 0.232 e. The number of hydrogen-bond donors (Lipinski definition) is 4. The zero-order valence-corrected chi connectivity index (χ0v) is 14.0. The zero-order valence-electron chi connectivity index (χ0n) is 13.1. The summed E-state index contributed by atoms with van der Waals surface area (Å²) in [7, 11) is -2.87. The van der Waals surface area contributed by atoms with Crippen molar-refractivity contribution in [3.63, 3.8) is 0 Å². The number of imidazole rings is 2. The third-order valence-electron chi connectivity index (χ3n) is 3.65.